The van der Waals surface area contributed by atoms with Crippen molar-refractivity contribution in [2.75, 3.05) is 6.61 Å². The number of sulfonamides is 1. The predicted molar refractivity (Wildman–Crippen MR) is 73.1 cm³/mol. The number of thiophene rings is 1. The van der Waals surface area contributed by atoms with E-state index in [0.717, 1.165) is 11.3 Å². The van der Waals surface area contributed by atoms with E-state index in [9.17, 15) is 8.42 Å². The minimum Gasteiger partial charge on any atom is -0.395 e. The predicted octanol–water partition coefficient (Wildman–Crippen LogP) is 2.46. The Bertz CT molecular complexity index is 467. The van der Waals surface area contributed by atoms with E-state index in [-0.39, 0.29) is 16.7 Å². The second-order valence-corrected chi connectivity index (χ2v) is 8.56. The van der Waals surface area contributed by atoms with Crippen LogP contribution in [0, 0.1) is 5.92 Å². The number of hydrogen-bond acceptors (Lipinski definition) is 4. The van der Waals surface area contributed by atoms with E-state index < -0.39 is 16.1 Å². The van der Waals surface area contributed by atoms with Crippen molar-refractivity contribution in [1.82, 2.24) is 4.72 Å². The zero-order valence-electron chi connectivity index (χ0n) is 9.28. The minimum absolute atomic E-state index is 0.00801. The monoisotopic (exact) mass is 361 g/mol. The molecule has 0 saturated carbocycles. The summed E-state index contributed by atoms with van der Waals surface area (Å²) in [5.74, 6) is 0.00801. The molecule has 17 heavy (non-hydrogen) atoms. The van der Waals surface area contributed by atoms with Crippen molar-refractivity contribution in [2.24, 2.45) is 5.92 Å². The normalized spacial score (nSPS) is 14.2. The highest BCUT2D eigenvalue weighted by Crippen LogP contribution is 2.34. The van der Waals surface area contributed by atoms with E-state index in [0.29, 0.717) is 8.81 Å². The maximum atomic E-state index is 12.0. The van der Waals surface area contributed by atoms with Gasteiger partial charge in [-0.3, -0.25) is 0 Å². The number of halogens is 2. The fourth-order valence-electron chi connectivity index (χ4n) is 1.10. The van der Waals surface area contributed by atoms with Crippen molar-refractivity contribution >= 4 is 48.9 Å². The number of hydrogen-bond donors (Lipinski definition) is 2. The molecular weight excluding hydrogens is 350 g/mol. The molecule has 0 fully saturated rings. The van der Waals surface area contributed by atoms with E-state index >= 15 is 0 Å². The highest BCUT2D eigenvalue weighted by molar-refractivity contribution is 9.11. The van der Waals surface area contributed by atoms with Crippen molar-refractivity contribution in [3.05, 3.63) is 14.9 Å². The van der Waals surface area contributed by atoms with Crippen molar-refractivity contribution in [3.8, 4) is 0 Å². The Labute approximate surface area is 118 Å². The van der Waals surface area contributed by atoms with E-state index in [1.165, 1.54) is 6.07 Å². The first-order valence-corrected chi connectivity index (χ1v) is 8.33. The molecule has 0 aromatic carbocycles. The SMILES string of the molecule is CC(C)C(CO)NS(=O)(=O)c1cc(Cl)c(Br)s1. The Morgan fingerprint density at radius 1 is 1.59 bits per heavy atom. The van der Waals surface area contributed by atoms with Crippen molar-refractivity contribution in [2.45, 2.75) is 24.1 Å². The summed E-state index contributed by atoms with van der Waals surface area (Å²) in [6.07, 6.45) is 0. The molecule has 1 aromatic heterocycles. The van der Waals surface area contributed by atoms with Gasteiger partial charge in [0.2, 0.25) is 10.0 Å². The van der Waals surface area contributed by atoms with Gasteiger partial charge >= 0.3 is 0 Å². The van der Waals surface area contributed by atoms with Gasteiger partial charge in [-0.05, 0) is 27.9 Å². The highest BCUT2D eigenvalue weighted by Gasteiger charge is 2.24. The molecule has 0 aliphatic rings. The molecule has 0 radical (unpaired) electrons. The third kappa shape index (κ3) is 3.90. The minimum atomic E-state index is -3.62. The van der Waals surface area contributed by atoms with Crippen LogP contribution in [0.25, 0.3) is 0 Å². The van der Waals surface area contributed by atoms with Crippen LogP contribution in [0.1, 0.15) is 13.8 Å². The van der Waals surface area contributed by atoms with E-state index in [2.05, 4.69) is 20.7 Å². The molecule has 4 nitrogen and oxygen atoms in total. The van der Waals surface area contributed by atoms with Crippen LogP contribution in [-0.4, -0.2) is 26.2 Å². The molecule has 1 unspecified atom stereocenters. The highest BCUT2D eigenvalue weighted by atomic mass is 79.9. The zero-order chi connectivity index (χ0) is 13.2. The maximum absolute atomic E-state index is 12.0. The van der Waals surface area contributed by atoms with Gasteiger partial charge in [-0.15, -0.1) is 11.3 Å². The first-order valence-electron chi connectivity index (χ1n) is 4.86. The standard InChI is InChI=1S/C9H13BrClNO3S2/c1-5(2)7(4-13)12-17(14,15)8-3-6(11)9(10)16-8/h3,5,7,12-13H,4H2,1-2H3. The molecular formula is C9H13BrClNO3S2. The molecule has 0 spiro atoms. The largest absolute Gasteiger partial charge is 0.395 e. The lowest BCUT2D eigenvalue weighted by Crippen LogP contribution is -2.40. The molecule has 0 aliphatic heterocycles. The number of aliphatic hydroxyl groups excluding tert-OH is 1. The van der Waals surface area contributed by atoms with Crippen molar-refractivity contribution in [1.29, 1.82) is 0 Å². The van der Waals surface area contributed by atoms with Crippen LogP contribution < -0.4 is 4.72 Å². The van der Waals surface area contributed by atoms with Crippen LogP contribution in [0.3, 0.4) is 0 Å². The smallest absolute Gasteiger partial charge is 0.250 e. The second kappa shape index (κ2) is 5.99. The molecule has 0 amide bonds. The lowest BCUT2D eigenvalue weighted by Gasteiger charge is -2.19. The summed E-state index contributed by atoms with van der Waals surface area (Å²) in [4.78, 5) is 0. The molecule has 0 aliphatic carbocycles. The average Bonchev–Trinajstić information content (AvgIpc) is 2.56. The fourth-order valence-corrected chi connectivity index (χ4v) is 4.89. The van der Waals surface area contributed by atoms with Gasteiger partial charge in [-0.2, -0.15) is 0 Å². The Balaban J connectivity index is 2.96. The zero-order valence-corrected chi connectivity index (χ0v) is 13.3. The summed E-state index contributed by atoms with van der Waals surface area (Å²) in [5.41, 5.74) is 0. The van der Waals surface area contributed by atoms with Crippen LogP contribution in [-0.2, 0) is 10.0 Å². The first-order chi connectivity index (χ1) is 7.77. The molecule has 8 heteroatoms. The molecule has 1 heterocycles. The van der Waals surface area contributed by atoms with Crippen LogP contribution in [0.4, 0.5) is 0 Å². The van der Waals surface area contributed by atoms with Gasteiger partial charge in [0.05, 0.1) is 15.4 Å². The Morgan fingerprint density at radius 3 is 2.53 bits per heavy atom. The topological polar surface area (TPSA) is 66.4 Å². The van der Waals surface area contributed by atoms with Gasteiger partial charge in [0, 0.05) is 6.04 Å². The lowest BCUT2D eigenvalue weighted by atomic mass is 10.1. The van der Waals surface area contributed by atoms with Crippen LogP contribution in [0.2, 0.25) is 5.02 Å². The number of nitrogens with one attached hydrogen (secondary N) is 1. The van der Waals surface area contributed by atoms with Crippen LogP contribution in [0.15, 0.2) is 14.1 Å². The van der Waals surface area contributed by atoms with E-state index in [1.807, 2.05) is 13.8 Å². The van der Waals surface area contributed by atoms with Crippen LogP contribution in [0.5, 0.6) is 0 Å². The third-order valence-electron chi connectivity index (χ3n) is 2.20. The molecule has 2 N–H and O–H groups in total. The molecule has 1 aromatic rings. The summed E-state index contributed by atoms with van der Waals surface area (Å²) >= 11 is 9.99. The number of aliphatic hydroxyl groups is 1. The average molecular weight is 363 g/mol. The number of rotatable bonds is 5. The maximum Gasteiger partial charge on any atom is 0.250 e. The molecule has 0 saturated heterocycles. The first kappa shape index (κ1) is 15.4. The Hall–Kier alpha value is 0.340. The van der Waals surface area contributed by atoms with E-state index in [4.69, 9.17) is 16.7 Å². The van der Waals surface area contributed by atoms with Gasteiger partial charge in [0.15, 0.2) is 0 Å². The van der Waals surface area contributed by atoms with Crippen LogP contribution >= 0.6 is 38.9 Å². The summed E-state index contributed by atoms with van der Waals surface area (Å²) in [7, 11) is -3.62. The van der Waals surface area contributed by atoms with Gasteiger partial charge in [-0.1, -0.05) is 25.4 Å². The molecule has 1 atom stereocenters. The second-order valence-electron chi connectivity index (χ2n) is 3.84. The van der Waals surface area contributed by atoms with Gasteiger partial charge in [-0.25, -0.2) is 13.1 Å². The summed E-state index contributed by atoms with van der Waals surface area (Å²) in [5, 5.41) is 9.47. The molecule has 1 rings (SSSR count). The van der Waals surface area contributed by atoms with E-state index in [1.54, 1.807) is 0 Å². The lowest BCUT2D eigenvalue weighted by molar-refractivity contribution is 0.228. The summed E-state index contributed by atoms with van der Waals surface area (Å²) < 4.78 is 27.1. The van der Waals surface area contributed by atoms with Gasteiger partial charge in [0.25, 0.3) is 0 Å². The summed E-state index contributed by atoms with van der Waals surface area (Å²) in [6, 6.07) is 0.882. The van der Waals surface area contributed by atoms with Crippen molar-refractivity contribution in [3.63, 3.8) is 0 Å². The third-order valence-corrected chi connectivity index (χ3v) is 6.63. The van der Waals surface area contributed by atoms with Crippen molar-refractivity contribution < 1.29 is 13.5 Å². The summed E-state index contributed by atoms with van der Waals surface area (Å²) in [6.45, 7) is 3.43. The molecule has 0 bridgehead atoms. The van der Waals surface area contributed by atoms with Gasteiger partial charge in [0.1, 0.15) is 4.21 Å². The Kier molecular flexibility index (Phi) is 5.42. The molecule has 98 valence electrons. The Morgan fingerprint density at radius 2 is 2.18 bits per heavy atom. The fraction of sp³-hybridized carbons (Fsp3) is 0.556. The van der Waals surface area contributed by atoms with Gasteiger partial charge < -0.3 is 5.11 Å². The quantitative estimate of drug-likeness (QED) is 0.845.